The zero-order chi connectivity index (χ0) is 15.8. The quantitative estimate of drug-likeness (QED) is 0.725. The van der Waals surface area contributed by atoms with E-state index in [0.717, 1.165) is 24.9 Å². The molecule has 0 fully saturated rings. The normalized spacial score (nSPS) is 10.2. The molecule has 0 aliphatic heterocycles. The van der Waals surface area contributed by atoms with Crippen molar-refractivity contribution in [3.05, 3.63) is 45.8 Å². The third kappa shape index (κ3) is 5.62. The third-order valence-corrected chi connectivity index (χ3v) is 4.61. The number of hydrogen-bond acceptors (Lipinski definition) is 3. The van der Waals surface area contributed by atoms with E-state index in [1.165, 1.54) is 9.75 Å². The number of thiophene rings is 1. The van der Waals surface area contributed by atoms with Crippen LogP contribution in [0.5, 0.6) is 0 Å². The van der Waals surface area contributed by atoms with Crippen molar-refractivity contribution in [1.82, 2.24) is 4.90 Å². The second-order valence-electron chi connectivity index (χ2n) is 4.75. The Labute approximate surface area is 136 Å². The van der Waals surface area contributed by atoms with Gasteiger partial charge < -0.3 is 4.90 Å². The van der Waals surface area contributed by atoms with Crippen molar-refractivity contribution in [2.75, 3.05) is 20.1 Å². The molecule has 0 saturated carbocycles. The predicted octanol–water partition coefficient (Wildman–Crippen LogP) is 5.15. The van der Waals surface area contributed by atoms with Crippen molar-refractivity contribution in [2.45, 2.75) is 20.8 Å². The van der Waals surface area contributed by atoms with Crippen LogP contribution >= 0.6 is 22.9 Å². The van der Waals surface area contributed by atoms with Crippen LogP contribution in [0.1, 0.15) is 29.1 Å². The summed E-state index contributed by atoms with van der Waals surface area (Å²) >= 11 is 7.68. The maximum Gasteiger partial charge on any atom is 0.151 e. The molecule has 0 aliphatic rings. The molecule has 114 valence electrons. The van der Waals surface area contributed by atoms with Crippen LogP contribution in [0.2, 0.25) is 5.02 Å². The number of carbonyl (C=O) groups is 1. The molecule has 1 aromatic heterocycles. The lowest BCUT2D eigenvalue weighted by Crippen LogP contribution is -2.15. The molecule has 0 saturated heterocycles. The smallest absolute Gasteiger partial charge is 0.151 e. The molecule has 2 rings (SSSR count). The number of aryl methyl sites for hydroxylation is 1. The zero-order valence-electron chi connectivity index (χ0n) is 13.0. The van der Waals surface area contributed by atoms with Crippen LogP contribution in [-0.4, -0.2) is 31.3 Å². The van der Waals surface area contributed by atoms with Crippen LogP contribution in [0.15, 0.2) is 30.3 Å². The van der Waals surface area contributed by atoms with Gasteiger partial charge in [0.05, 0.1) is 5.02 Å². The summed E-state index contributed by atoms with van der Waals surface area (Å²) in [6.07, 6.45) is 0.770. The first-order valence-electron chi connectivity index (χ1n) is 7.01. The Kier molecular flexibility index (Phi) is 7.65. The van der Waals surface area contributed by atoms with Gasteiger partial charge >= 0.3 is 0 Å². The predicted molar refractivity (Wildman–Crippen MR) is 93.7 cm³/mol. The summed E-state index contributed by atoms with van der Waals surface area (Å²) in [5.74, 6) is 0. The van der Waals surface area contributed by atoms with Crippen LogP contribution < -0.4 is 0 Å². The minimum absolute atomic E-state index is 0.508. The van der Waals surface area contributed by atoms with Crippen LogP contribution in [0.4, 0.5) is 0 Å². The largest absolute Gasteiger partial charge is 0.307 e. The molecule has 21 heavy (non-hydrogen) atoms. The fourth-order valence-electron chi connectivity index (χ4n) is 1.59. The van der Waals surface area contributed by atoms with Crippen LogP contribution in [0.3, 0.4) is 0 Å². The molecule has 0 atom stereocenters. The molecule has 0 aliphatic carbocycles. The Morgan fingerprint density at radius 2 is 1.86 bits per heavy atom. The zero-order valence-corrected chi connectivity index (χ0v) is 14.6. The van der Waals surface area contributed by atoms with Gasteiger partial charge in [-0.25, -0.2) is 0 Å². The van der Waals surface area contributed by atoms with Gasteiger partial charge in [0.15, 0.2) is 6.29 Å². The molecule has 2 nitrogen and oxygen atoms in total. The monoisotopic (exact) mass is 323 g/mol. The van der Waals surface area contributed by atoms with Gasteiger partial charge in [0, 0.05) is 15.3 Å². The van der Waals surface area contributed by atoms with Gasteiger partial charge in [0.2, 0.25) is 0 Å². The minimum atomic E-state index is 0.508. The summed E-state index contributed by atoms with van der Waals surface area (Å²) in [5, 5.41) is 0.508. The molecule has 0 unspecified atom stereocenters. The van der Waals surface area contributed by atoms with Crippen LogP contribution in [0, 0.1) is 6.92 Å². The highest BCUT2D eigenvalue weighted by molar-refractivity contribution is 7.15. The van der Waals surface area contributed by atoms with Gasteiger partial charge in [-0.3, -0.25) is 4.79 Å². The number of aldehydes is 1. The Bertz CT molecular complexity index is 576. The lowest BCUT2D eigenvalue weighted by molar-refractivity contribution is 0.112. The molecule has 0 bridgehead atoms. The Balaban J connectivity index is 0.000000315. The SMILES string of the molecule is CCN(C)CC.Cc1ccc(-c2ccc(C=O)c(Cl)c2)s1. The number of carbonyl (C=O) groups excluding carboxylic acids is 1. The molecule has 2 aromatic rings. The Morgan fingerprint density at radius 1 is 1.19 bits per heavy atom. The molecular formula is C17H22ClNOS. The maximum absolute atomic E-state index is 10.6. The van der Waals surface area contributed by atoms with Crippen molar-refractivity contribution in [3.8, 4) is 10.4 Å². The van der Waals surface area contributed by atoms with Gasteiger partial charge in [-0.15, -0.1) is 11.3 Å². The summed E-state index contributed by atoms with van der Waals surface area (Å²) < 4.78 is 0. The van der Waals surface area contributed by atoms with E-state index in [1.807, 2.05) is 12.1 Å². The van der Waals surface area contributed by atoms with E-state index in [4.69, 9.17) is 11.6 Å². The first-order valence-corrected chi connectivity index (χ1v) is 8.21. The van der Waals surface area contributed by atoms with Crippen LogP contribution in [-0.2, 0) is 0 Å². The van der Waals surface area contributed by atoms with Gasteiger partial charge in [0.25, 0.3) is 0 Å². The van der Waals surface area contributed by atoms with Gasteiger partial charge in [-0.05, 0) is 56.9 Å². The first kappa shape index (κ1) is 17.9. The Hall–Kier alpha value is -1.16. The molecule has 0 spiro atoms. The summed E-state index contributed by atoms with van der Waals surface area (Å²) in [6, 6.07) is 9.63. The van der Waals surface area contributed by atoms with Crippen molar-refractivity contribution >= 4 is 29.2 Å². The number of rotatable bonds is 4. The fraction of sp³-hybridized carbons (Fsp3) is 0.353. The molecule has 4 heteroatoms. The Morgan fingerprint density at radius 3 is 2.24 bits per heavy atom. The molecule has 1 aromatic carbocycles. The molecule has 0 amide bonds. The third-order valence-electron chi connectivity index (χ3n) is 3.23. The van der Waals surface area contributed by atoms with Gasteiger partial charge in [-0.2, -0.15) is 0 Å². The van der Waals surface area contributed by atoms with E-state index in [9.17, 15) is 4.79 Å². The highest BCUT2D eigenvalue weighted by Gasteiger charge is 2.04. The summed E-state index contributed by atoms with van der Waals surface area (Å²) in [4.78, 5) is 15.3. The first-order chi connectivity index (χ1) is 10.0. The van der Waals surface area contributed by atoms with E-state index < -0.39 is 0 Å². The lowest BCUT2D eigenvalue weighted by atomic mass is 10.1. The fourth-order valence-corrected chi connectivity index (χ4v) is 2.68. The summed E-state index contributed by atoms with van der Waals surface area (Å²) in [7, 11) is 2.11. The molecule has 0 N–H and O–H groups in total. The second-order valence-corrected chi connectivity index (χ2v) is 6.45. The van der Waals surface area contributed by atoms with E-state index in [2.05, 4.69) is 44.9 Å². The van der Waals surface area contributed by atoms with E-state index in [1.54, 1.807) is 17.4 Å². The molecule has 1 heterocycles. The highest BCUT2D eigenvalue weighted by Crippen LogP contribution is 2.30. The maximum atomic E-state index is 10.6. The van der Waals surface area contributed by atoms with Gasteiger partial charge in [-0.1, -0.05) is 31.5 Å². The molecule has 0 radical (unpaired) electrons. The van der Waals surface area contributed by atoms with Gasteiger partial charge in [0.1, 0.15) is 0 Å². The number of halogens is 1. The average molecular weight is 324 g/mol. The summed E-state index contributed by atoms with van der Waals surface area (Å²) in [6.45, 7) is 8.70. The standard InChI is InChI=1S/C12H9ClOS.C5H13N/c1-8-2-5-12(15-8)9-3-4-10(7-14)11(13)6-9;1-4-6(3)5-2/h2-7H,1H3;4-5H2,1-3H3. The van der Waals surface area contributed by atoms with E-state index in [0.29, 0.717) is 10.6 Å². The highest BCUT2D eigenvalue weighted by atomic mass is 35.5. The van der Waals surface area contributed by atoms with E-state index in [-0.39, 0.29) is 0 Å². The lowest BCUT2D eigenvalue weighted by Gasteiger charge is -2.07. The topological polar surface area (TPSA) is 20.3 Å². The minimum Gasteiger partial charge on any atom is -0.307 e. The van der Waals surface area contributed by atoms with E-state index >= 15 is 0 Å². The summed E-state index contributed by atoms with van der Waals surface area (Å²) in [5.41, 5.74) is 1.59. The number of hydrogen-bond donors (Lipinski definition) is 0. The van der Waals surface area contributed by atoms with Crippen molar-refractivity contribution in [3.63, 3.8) is 0 Å². The number of benzene rings is 1. The second kappa shape index (κ2) is 8.98. The van der Waals surface area contributed by atoms with Crippen LogP contribution in [0.25, 0.3) is 10.4 Å². The van der Waals surface area contributed by atoms with Crippen molar-refractivity contribution in [2.24, 2.45) is 0 Å². The molecular weight excluding hydrogens is 302 g/mol. The van der Waals surface area contributed by atoms with Crippen molar-refractivity contribution < 1.29 is 4.79 Å². The average Bonchev–Trinajstić information content (AvgIpc) is 2.93. The van der Waals surface area contributed by atoms with Crippen molar-refractivity contribution in [1.29, 1.82) is 0 Å². The number of nitrogens with zero attached hydrogens (tertiary/aromatic N) is 1.